The van der Waals surface area contributed by atoms with Crippen LogP contribution < -0.4 is 14.4 Å². The summed E-state index contributed by atoms with van der Waals surface area (Å²) in [5, 5.41) is 0. The van der Waals surface area contributed by atoms with Crippen molar-refractivity contribution in [1.82, 2.24) is 4.90 Å². The molecule has 0 spiro atoms. The van der Waals surface area contributed by atoms with Gasteiger partial charge in [0.15, 0.2) is 0 Å². The predicted octanol–water partition coefficient (Wildman–Crippen LogP) is 9.41. The molecule has 0 unspecified atom stereocenters. The lowest BCUT2D eigenvalue weighted by atomic mass is 9.78. The molecule has 0 aliphatic carbocycles. The first kappa shape index (κ1) is 38.0. The zero-order valence-corrected chi connectivity index (χ0v) is 33.0. The number of imide groups is 2. The Labute approximate surface area is 336 Å². The molecule has 0 bridgehead atoms. The molecule has 4 amide bonds. The summed E-state index contributed by atoms with van der Waals surface area (Å²) >= 11 is 0. The van der Waals surface area contributed by atoms with Crippen LogP contribution in [0.1, 0.15) is 85.8 Å². The molecule has 0 fully saturated rings. The van der Waals surface area contributed by atoms with E-state index in [0.29, 0.717) is 40.7 Å². The number of carbonyl (C=O) groups is 4. The van der Waals surface area contributed by atoms with E-state index in [9.17, 15) is 27.6 Å². The van der Waals surface area contributed by atoms with E-state index in [0.717, 1.165) is 28.0 Å². The Hall–Kier alpha value is -6.85. The molecule has 2 heterocycles. The second-order valence-corrected chi connectivity index (χ2v) is 16.5. The molecule has 0 N–H and O–H groups in total. The minimum Gasteiger partial charge on any atom is -0.457 e. The molecule has 2 aliphatic heterocycles. The lowest BCUT2D eigenvalue weighted by molar-refractivity contribution is 0.0661. The van der Waals surface area contributed by atoms with Gasteiger partial charge in [-0.25, -0.2) is 13.3 Å². The number of fused-ring (bicyclic) bond motifs is 2. The Kier molecular flexibility index (Phi) is 9.56. The number of anilines is 1. The summed E-state index contributed by atoms with van der Waals surface area (Å²) in [6, 6.07) is 37.4. The topological polar surface area (TPSA) is 127 Å². The van der Waals surface area contributed by atoms with Crippen LogP contribution in [-0.4, -0.2) is 43.5 Å². The summed E-state index contributed by atoms with van der Waals surface area (Å²) in [6.45, 7) is 8.27. The molecule has 11 heteroatoms. The van der Waals surface area contributed by atoms with E-state index >= 15 is 0 Å². The van der Waals surface area contributed by atoms with Crippen LogP contribution in [0.2, 0.25) is 0 Å². The van der Waals surface area contributed by atoms with E-state index in [1.165, 1.54) is 35.2 Å². The summed E-state index contributed by atoms with van der Waals surface area (Å²) < 4.78 is 38.6. The highest BCUT2D eigenvalue weighted by Crippen LogP contribution is 2.37. The zero-order valence-electron chi connectivity index (χ0n) is 32.2. The molecule has 0 saturated heterocycles. The molecule has 290 valence electrons. The lowest BCUT2D eigenvalue weighted by Gasteiger charge is -2.26. The Morgan fingerprint density at radius 3 is 1.40 bits per heavy atom. The minimum absolute atomic E-state index is 0.0568. The fourth-order valence-corrected chi connectivity index (χ4v) is 8.53. The van der Waals surface area contributed by atoms with Crippen LogP contribution in [0.5, 0.6) is 23.0 Å². The average molecular weight is 791 g/mol. The average Bonchev–Trinajstić information content (AvgIpc) is 3.63. The van der Waals surface area contributed by atoms with Gasteiger partial charge in [0, 0.05) is 12.0 Å². The molecule has 6 aromatic carbocycles. The number of rotatable bonds is 11. The van der Waals surface area contributed by atoms with Crippen molar-refractivity contribution in [3.63, 3.8) is 0 Å². The Balaban J connectivity index is 0.925. The van der Waals surface area contributed by atoms with Crippen LogP contribution in [0.4, 0.5) is 5.69 Å². The van der Waals surface area contributed by atoms with Gasteiger partial charge in [-0.15, -0.1) is 0 Å². The first-order valence-electron chi connectivity index (χ1n) is 18.8. The lowest BCUT2D eigenvalue weighted by Crippen LogP contribution is -2.29. The monoisotopic (exact) mass is 790 g/mol. The first-order valence-corrected chi connectivity index (χ1v) is 20.3. The van der Waals surface area contributed by atoms with E-state index in [1.807, 2.05) is 55.5 Å². The number of ether oxygens (including phenoxy) is 2. The molecule has 6 aromatic rings. The summed E-state index contributed by atoms with van der Waals surface area (Å²) in [4.78, 5) is 54.5. The quantitative estimate of drug-likeness (QED) is 0.119. The number of hydrogen-bond donors (Lipinski definition) is 0. The summed E-state index contributed by atoms with van der Waals surface area (Å²) in [5.74, 6) is 0.303. The molecule has 0 atom stereocenters. The number of sulfone groups is 1. The van der Waals surface area contributed by atoms with Crippen LogP contribution in [0.25, 0.3) is 0 Å². The van der Waals surface area contributed by atoms with Gasteiger partial charge in [-0.1, -0.05) is 57.2 Å². The maximum atomic E-state index is 13.6. The zero-order chi connectivity index (χ0) is 40.9. The van der Waals surface area contributed by atoms with Crippen molar-refractivity contribution in [2.75, 3.05) is 11.4 Å². The fraction of sp³-hybridized carbons (Fsp3) is 0.149. The van der Waals surface area contributed by atoms with Crippen molar-refractivity contribution in [3.05, 3.63) is 172 Å². The van der Waals surface area contributed by atoms with Gasteiger partial charge in [0.1, 0.15) is 23.0 Å². The molecule has 8 rings (SSSR count). The van der Waals surface area contributed by atoms with Gasteiger partial charge in [-0.05, 0) is 127 Å². The van der Waals surface area contributed by atoms with Gasteiger partial charge in [0.2, 0.25) is 9.84 Å². The van der Waals surface area contributed by atoms with Gasteiger partial charge in [0.25, 0.3) is 23.6 Å². The Morgan fingerprint density at radius 1 is 0.500 bits per heavy atom. The van der Waals surface area contributed by atoms with Crippen molar-refractivity contribution in [3.8, 4) is 23.0 Å². The molecular formula is C47H38N2O8S. The molecule has 0 radical (unpaired) electrons. The van der Waals surface area contributed by atoms with E-state index in [-0.39, 0.29) is 38.4 Å². The van der Waals surface area contributed by atoms with Crippen LogP contribution in [0.15, 0.2) is 143 Å². The van der Waals surface area contributed by atoms with Crippen molar-refractivity contribution >= 4 is 39.2 Å². The fourth-order valence-electron chi connectivity index (χ4n) is 7.27. The van der Waals surface area contributed by atoms with Gasteiger partial charge < -0.3 is 9.47 Å². The Morgan fingerprint density at radius 2 is 0.914 bits per heavy atom. The third-order valence-electron chi connectivity index (χ3n) is 10.8. The van der Waals surface area contributed by atoms with Crippen LogP contribution >= 0.6 is 0 Å². The highest BCUT2D eigenvalue weighted by atomic mass is 32.2. The number of benzene rings is 6. The normalized spacial score (nSPS) is 13.9. The highest BCUT2D eigenvalue weighted by molar-refractivity contribution is 7.91. The van der Waals surface area contributed by atoms with Gasteiger partial charge in [-0.2, -0.15) is 0 Å². The summed E-state index contributed by atoms with van der Waals surface area (Å²) in [6.07, 6.45) is 0.792. The van der Waals surface area contributed by atoms with Crippen LogP contribution in [0, 0.1) is 0 Å². The third-order valence-corrected chi connectivity index (χ3v) is 12.6. The first-order chi connectivity index (χ1) is 27.8. The van der Waals surface area contributed by atoms with Crippen molar-refractivity contribution in [2.45, 2.75) is 49.3 Å². The van der Waals surface area contributed by atoms with Crippen LogP contribution in [-0.2, 0) is 21.7 Å². The van der Waals surface area contributed by atoms with Crippen LogP contribution in [0.3, 0.4) is 0 Å². The van der Waals surface area contributed by atoms with Gasteiger partial charge >= 0.3 is 0 Å². The number of amides is 4. The molecule has 0 aromatic heterocycles. The maximum absolute atomic E-state index is 13.6. The second kappa shape index (κ2) is 14.6. The minimum atomic E-state index is -3.79. The van der Waals surface area contributed by atoms with Gasteiger partial charge in [0.05, 0.1) is 37.7 Å². The summed E-state index contributed by atoms with van der Waals surface area (Å²) in [5.41, 5.74) is 4.07. The smallest absolute Gasteiger partial charge is 0.266 e. The largest absolute Gasteiger partial charge is 0.457 e. The number of aryl methyl sites for hydroxylation is 1. The second-order valence-electron chi connectivity index (χ2n) is 14.6. The SMILES string of the molecule is CCc1ccc(S(=O)(=O)c2ccc(N3C(=O)c4ccc(Oc5ccc(C(C)(C)c6ccc(Oc7ccc8c(c7)C(=O)N(CC)C8=O)cc6)cc5)cc4C3=O)cc2)cc1. The Bertz CT molecular complexity index is 2740. The van der Waals surface area contributed by atoms with Crippen molar-refractivity contribution < 1.29 is 37.1 Å². The van der Waals surface area contributed by atoms with Gasteiger partial charge in [-0.3, -0.25) is 24.1 Å². The highest BCUT2D eigenvalue weighted by Gasteiger charge is 2.38. The number of nitrogens with zero attached hydrogens (tertiary/aromatic N) is 2. The van der Waals surface area contributed by atoms with E-state index < -0.39 is 27.1 Å². The standard InChI is InChI=1S/C47H38N2O8S/c1-5-29-7-21-37(22-8-29)58(54,55)38-23-13-32(14-24-38)49-45(52)40-26-20-36(28-42(40)46(49)53)57-34-17-11-31(12-18-34)47(3,4)30-9-15-33(16-10-30)56-35-19-25-39-41(27-35)44(51)48(6-2)43(39)50/h7-28H,5-6H2,1-4H3. The molecule has 58 heavy (non-hydrogen) atoms. The third kappa shape index (κ3) is 6.62. The summed E-state index contributed by atoms with van der Waals surface area (Å²) in [7, 11) is -3.79. The van der Waals surface area contributed by atoms with E-state index in [4.69, 9.17) is 9.47 Å². The van der Waals surface area contributed by atoms with Crippen molar-refractivity contribution in [2.24, 2.45) is 0 Å². The molecule has 10 nitrogen and oxygen atoms in total. The number of hydrogen-bond acceptors (Lipinski definition) is 8. The molecular weight excluding hydrogens is 753 g/mol. The molecule has 0 saturated carbocycles. The molecule has 2 aliphatic rings. The van der Waals surface area contributed by atoms with E-state index in [1.54, 1.807) is 61.5 Å². The van der Waals surface area contributed by atoms with E-state index in [2.05, 4.69) is 13.8 Å². The van der Waals surface area contributed by atoms with Crippen molar-refractivity contribution in [1.29, 1.82) is 0 Å². The predicted molar refractivity (Wildman–Crippen MR) is 218 cm³/mol. The number of carbonyl (C=O) groups excluding carboxylic acids is 4. The maximum Gasteiger partial charge on any atom is 0.266 e.